The van der Waals surface area contributed by atoms with Gasteiger partial charge >= 0.3 is 0 Å². The molecule has 1 heterocycles. The number of methoxy groups -OCH3 is 1. The minimum absolute atomic E-state index is 0.128. The van der Waals surface area contributed by atoms with Gasteiger partial charge in [0.15, 0.2) is 0 Å². The van der Waals surface area contributed by atoms with Gasteiger partial charge in [0, 0.05) is 6.42 Å². The average Bonchev–Trinajstić information content (AvgIpc) is 3.16. The zero-order valence-electron chi connectivity index (χ0n) is 17.8. The van der Waals surface area contributed by atoms with Gasteiger partial charge in [-0.05, 0) is 40.6 Å². The molecule has 1 amide bonds. The number of aromatic nitrogens is 2. The Morgan fingerprint density at radius 1 is 0.906 bits per heavy atom. The molecular formula is C27H23N3O2. The van der Waals surface area contributed by atoms with Crippen molar-refractivity contribution in [3.8, 4) is 5.75 Å². The summed E-state index contributed by atoms with van der Waals surface area (Å²) < 4.78 is 7.36. The third-order valence-electron chi connectivity index (χ3n) is 5.64. The van der Waals surface area contributed by atoms with Gasteiger partial charge in [-0.1, -0.05) is 66.7 Å². The first-order chi connectivity index (χ1) is 15.7. The van der Waals surface area contributed by atoms with E-state index in [-0.39, 0.29) is 12.5 Å². The molecule has 0 saturated heterocycles. The molecule has 0 fully saturated rings. The molecule has 5 rings (SSSR count). The number of fused-ring (bicyclic) bond motifs is 2. The van der Waals surface area contributed by atoms with E-state index in [1.807, 2.05) is 59.2 Å². The quantitative estimate of drug-likeness (QED) is 0.398. The van der Waals surface area contributed by atoms with E-state index in [1.165, 1.54) is 16.3 Å². The molecule has 0 unspecified atom stereocenters. The van der Waals surface area contributed by atoms with Crippen molar-refractivity contribution in [3.05, 3.63) is 102 Å². The van der Waals surface area contributed by atoms with E-state index in [9.17, 15) is 4.79 Å². The Bertz CT molecular complexity index is 1420. The highest BCUT2D eigenvalue weighted by molar-refractivity contribution is 5.93. The van der Waals surface area contributed by atoms with Crippen LogP contribution in [-0.2, 0) is 17.8 Å². The standard InChI is InChI=1S/C27H23N3O2/c1-32-25-16-7-5-14-23(25)29-27(31)18-30-24-15-6-4-13-22(24)28-26(30)17-20-11-8-10-19-9-2-3-12-21(19)20/h2-16H,17-18H2,1H3,(H,29,31). The largest absolute Gasteiger partial charge is 0.495 e. The Morgan fingerprint density at radius 2 is 1.66 bits per heavy atom. The maximum atomic E-state index is 13.0. The summed E-state index contributed by atoms with van der Waals surface area (Å²) >= 11 is 0. The fourth-order valence-corrected chi connectivity index (χ4v) is 4.14. The van der Waals surface area contributed by atoms with E-state index in [0.29, 0.717) is 17.9 Å². The summed E-state index contributed by atoms with van der Waals surface area (Å²) in [5.74, 6) is 1.36. The monoisotopic (exact) mass is 421 g/mol. The van der Waals surface area contributed by atoms with Crippen molar-refractivity contribution in [2.75, 3.05) is 12.4 Å². The predicted octanol–water partition coefficient (Wildman–Crippen LogP) is 5.43. The molecule has 5 heteroatoms. The number of anilines is 1. The molecule has 0 bridgehead atoms. The van der Waals surface area contributed by atoms with Crippen LogP contribution < -0.4 is 10.1 Å². The highest BCUT2D eigenvalue weighted by Crippen LogP contribution is 2.25. The lowest BCUT2D eigenvalue weighted by molar-refractivity contribution is -0.116. The van der Waals surface area contributed by atoms with E-state index in [1.54, 1.807) is 7.11 Å². The second kappa shape index (κ2) is 8.55. The number of ether oxygens (including phenoxy) is 1. The zero-order chi connectivity index (χ0) is 21.9. The molecule has 0 aliphatic carbocycles. The van der Waals surface area contributed by atoms with Crippen molar-refractivity contribution in [3.63, 3.8) is 0 Å². The number of hydrogen-bond acceptors (Lipinski definition) is 3. The molecule has 158 valence electrons. The maximum Gasteiger partial charge on any atom is 0.244 e. The molecule has 5 nitrogen and oxygen atoms in total. The number of imidazole rings is 1. The Kier molecular flexibility index (Phi) is 5.30. The van der Waals surface area contributed by atoms with Crippen LogP contribution in [0.5, 0.6) is 5.75 Å². The Balaban J connectivity index is 1.50. The first-order valence-electron chi connectivity index (χ1n) is 10.6. The number of benzene rings is 4. The van der Waals surface area contributed by atoms with Crippen LogP contribution >= 0.6 is 0 Å². The molecule has 0 aliphatic rings. The van der Waals surface area contributed by atoms with Crippen LogP contribution in [0.25, 0.3) is 21.8 Å². The Labute approximate surface area is 186 Å². The number of hydrogen-bond donors (Lipinski definition) is 1. The number of amides is 1. The van der Waals surface area contributed by atoms with Crippen molar-refractivity contribution in [1.82, 2.24) is 9.55 Å². The van der Waals surface area contributed by atoms with E-state index in [0.717, 1.165) is 16.9 Å². The second-order valence-corrected chi connectivity index (χ2v) is 7.67. The number of nitrogens with one attached hydrogen (secondary N) is 1. The van der Waals surface area contributed by atoms with Crippen LogP contribution in [-0.4, -0.2) is 22.6 Å². The SMILES string of the molecule is COc1ccccc1NC(=O)Cn1c(Cc2cccc3ccccc23)nc2ccccc21. The van der Waals surface area contributed by atoms with Gasteiger partial charge in [0.1, 0.15) is 18.1 Å². The second-order valence-electron chi connectivity index (χ2n) is 7.67. The van der Waals surface area contributed by atoms with Crippen LogP contribution in [0, 0.1) is 0 Å². The van der Waals surface area contributed by atoms with Crippen LogP contribution in [0.4, 0.5) is 5.69 Å². The molecule has 0 spiro atoms. The van der Waals surface area contributed by atoms with E-state index in [2.05, 4.69) is 41.7 Å². The molecule has 5 aromatic rings. The number of rotatable bonds is 6. The predicted molar refractivity (Wildman–Crippen MR) is 128 cm³/mol. The van der Waals surface area contributed by atoms with E-state index < -0.39 is 0 Å². The number of para-hydroxylation sites is 4. The summed E-state index contributed by atoms with van der Waals surface area (Å²) in [4.78, 5) is 17.9. The molecule has 0 atom stereocenters. The molecule has 0 aliphatic heterocycles. The lowest BCUT2D eigenvalue weighted by atomic mass is 10.0. The minimum atomic E-state index is -0.128. The normalized spacial score (nSPS) is 11.0. The van der Waals surface area contributed by atoms with Crippen LogP contribution in [0.3, 0.4) is 0 Å². The highest BCUT2D eigenvalue weighted by Gasteiger charge is 2.16. The minimum Gasteiger partial charge on any atom is -0.495 e. The molecule has 1 N–H and O–H groups in total. The third kappa shape index (κ3) is 3.81. The summed E-state index contributed by atoms with van der Waals surface area (Å²) in [7, 11) is 1.59. The van der Waals surface area contributed by atoms with Gasteiger partial charge in [-0.2, -0.15) is 0 Å². The lowest BCUT2D eigenvalue weighted by Crippen LogP contribution is -2.20. The topological polar surface area (TPSA) is 56.1 Å². The van der Waals surface area contributed by atoms with Crippen LogP contribution in [0.15, 0.2) is 91.0 Å². The summed E-state index contributed by atoms with van der Waals surface area (Å²) in [5, 5.41) is 5.37. The van der Waals surface area contributed by atoms with Crippen molar-refractivity contribution >= 4 is 33.4 Å². The van der Waals surface area contributed by atoms with Crippen molar-refractivity contribution in [2.45, 2.75) is 13.0 Å². The molecule has 0 saturated carbocycles. The fraction of sp³-hybridized carbons (Fsp3) is 0.111. The highest BCUT2D eigenvalue weighted by atomic mass is 16.5. The Morgan fingerprint density at radius 3 is 2.56 bits per heavy atom. The summed E-state index contributed by atoms with van der Waals surface area (Å²) in [6.45, 7) is 0.165. The fourth-order valence-electron chi connectivity index (χ4n) is 4.14. The smallest absolute Gasteiger partial charge is 0.244 e. The van der Waals surface area contributed by atoms with Gasteiger partial charge in [-0.25, -0.2) is 4.98 Å². The van der Waals surface area contributed by atoms with Gasteiger partial charge in [-0.3, -0.25) is 4.79 Å². The molecular weight excluding hydrogens is 398 g/mol. The zero-order valence-corrected chi connectivity index (χ0v) is 17.8. The summed E-state index contributed by atoms with van der Waals surface area (Å²) in [6.07, 6.45) is 0.637. The average molecular weight is 422 g/mol. The number of carbonyl (C=O) groups is 1. The first kappa shape index (κ1) is 19.8. The third-order valence-corrected chi connectivity index (χ3v) is 5.64. The lowest BCUT2D eigenvalue weighted by Gasteiger charge is -2.13. The number of carbonyl (C=O) groups excluding carboxylic acids is 1. The summed E-state index contributed by atoms with van der Waals surface area (Å²) in [5.41, 5.74) is 3.66. The van der Waals surface area contributed by atoms with E-state index in [4.69, 9.17) is 9.72 Å². The summed E-state index contributed by atoms with van der Waals surface area (Å²) in [6, 6.07) is 30.0. The van der Waals surface area contributed by atoms with Gasteiger partial charge < -0.3 is 14.6 Å². The molecule has 32 heavy (non-hydrogen) atoms. The molecule has 4 aromatic carbocycles. The number of nitrogens with zero attached hydrogens (tertiary/aromatic N) is 2. The van der Waals surface area contributed by atoms with Gasteiger partial charge in [0.05, 0.1) is 23.8 Å². The van der Waals surface area contributed by atoms with Crippen molar-refractivity contribution in [1.29, 1.82) is 0 Å². The Hall–Kier alpha value is -4.12. The van der Waals surface area contributed by atoms with Gasteiger partial charge in [-0.15, -0.1) is 0 Å². The van der Waals surface area contributed by atoms with Gasteiger partial charge in [0.2, 0.25) is 5.91 Å². The van der Waals surface area contributed by atoms with Gasteiger partial charge in [0.25, 0.3) is 0 Å². The van der Waals surface area contributed by atoms with Crippen molar-refractivity contribution < 1.29 is 9.53 Å². The van der Waals surface area contributed by atoms with Crippen LogP contribution in [0.1, 0.15) is 11.4 Å². The van der Waals surface area contributed by atoms with Crippen molar-refractivity contribution in [2.24, 2.45) is 0 Å². The molecule has 1 aromatic heterocycles. The molecule has 0 radical (unpaired) electrons. The van der Waals surface area contributed by atoms with Crippen LogP contribution in [0.2, 0.25) is 0 Å². The maximum absolute atomic E-state index is 13.0. The first-order valence-corrected chi connectivity index (χ1v) is 10.6. The van der Waals surface area contributed by atoms with E-state index >= 15 is 0 Å².